The van der Waals surface area contributed by atoms with Crippen molar-refractivity contribution in [1.82, 2.24) is 0 Å². The summed E-state index contributed by atoms with van der Waals surface area (Å²) in [4.78, 5) is 0. The standard InChI is InChI=1S/C30H54O/c1-8-22(20(2)3)10-9-21(4)26-13-14-27-25-12-11-23-19-24(31-7)15-17-29(23,5)28(25)16-18-30(26,27)6/h20-28H,8-19H2,1-7H3/t21-,22+,23?,24+,25+,26-,27+,28+,29+,30-/m1/s1. The number of rotatable bonds is 7. The van der Waals surface area contributed by atoms with Crippen LogP contribution >= 0.6 is 0 Å². The molecule has 0 radical (unpaired) electrons. The Morgan fingerprint density at radius 1 is 0.839 bits per heavy atom. The van der Waals surface area contributed by atoms with Gasteiger partial charge in [-0.3, -0.25) is 0 Å². The van der Waals surface area contributed by atoms with Gasteiger partial charge in [0, 0.05) is 7.11 Å². The van der Waals surface area contributed by atoms with Gasteiger partial charge in [0.05, 0.1) is 6.10 Å². The lowest BCUT2D eigenvalue weighted by Gasteiger charge is -2.61. The van der Waals surface area contributed by atoms with Crippen molar-refractivity contribution in [3.8, 4) is 0 Å². The van der Waals surface area contributed by atoms with Crippen LogP contribution in [0.2, 0.25) is 0 Å². The van der Waals surface area contributed by atoms with Crippen LogP contribution < -0.4 is 0 Å². The first-order chi connectivity index (χ1) is 14.7. The van der Waals surface area contributed by atoms with Crippen molar-refractivity contribution in [2.24, 2.45) is 58.2 Å². The van der Waals surface area contributed by atoms with Crippen LogP contribution in [0.25, 0.3) is 0 Å². The Hall–Kier alpha value is -0.0400. The van der Waals surface area contributed by atoms with Crippen LogP contribution in [-0.4, -0.2) is 13.2 Å². The molecule has 0 aromatic heterocycles. The van der Waals surface area contributed by atoms with Crippen molar-refractivity contribution in [2.75, 3.05) is 7.11 Å². The third-order valence-electron chi connectivity index (χ3n) is 12.2. The molecule has 0 spiro atoms. The Kier molecular flexibility index (Phi) is 7.23. The fourth-order valence-corrected chi connectivity index (χ4v) is 10.1. The summed E-state index contributed by atoms with van der Waals surface area (Å²) in [6, 6.07) is 0. The minimum Gasteiger partial charge on any atom is -0.381 e. The molecule has 10 atom stereocenters. The fourth-order valence-electron chi connectivity index (χ4n) is 10.1. The highest BCUT2D eigenvalue weighted by atomic mass is 16.5. The van der Waals surface area contributed by atoms with Crippen LogP contribution in [-0.2, 0) is 4.74 Å². The third kappa shape index (κ3) is 4.17. The predicted octanol–water partition coefficient (Wildman–Crippen LogP) is 8.76. The molecular formula is C30H54O. The molecule has 4 aliphatic rings. The Labute approximate surface area is 194 Å². The van der Waals surface area contributed by atoms with E-state index in [2.05, 4.69) is 41.5 Å². The number of hydrogen-bond donors (Lipinski definition) is 0. The van der Waals surface area contributed by atoms with E-state index in [4.69, 9.17) is 4.74 Å². The smallest absolute Gasteiger partial charge is 0.0574 e. The van der Waals surface area contributed by atoms with Crippen molar-refractivity contribution in [1.29, 1.82) is 0 Å². The van der Waals surface area contributed by atoms with Crippen LogP contribution in [0.3, 0.4) is 0 Å². The molecule has 180 valence electrons. The van der Waals surface area contributed by atoms with E-state index in [1.165, 1.54) is 77.0 Å². The quantitative estimate of drug-likeness (QED) is 0.392. The molecule has 1 heteroatoms. The van der Waals surface area contributed by atoms with Crippen LogP contribution in [0.15, 0.2) is 0 Å². The SMILES string of the molecule is CC[C@@H](CC[C@@H](C)[C@H]1CC[C@H]2[C@@H]3CCC4C[C@@H](OC)CC[C@]4(C)[C@H]3CC[C@]12C)C(C)C. The Balaban J connectivity index is 1.44. The van der Waals surface area contributed by atoms with Gasteiger partial charge in [-0.05, 0) is 122 Å². The van der Waals surface area contributed by atoms with E-state index in [0.717, 1.165) is 47.3 Å². The second-order valence-corrected chi connectivity index (χ2v) is 13.5. The average Bonchev–Trinajstić information content (AvgIpc) is 3.10. The Bertz CT molecular complexity index is 597. The zero-order valence-corrected chi connectivity index (χ0v) is 22.1. The summed E-state index contributed by atoms with van der Waals surface area (Å²) in [5.74, 6) is 7.65. The molecule has 0 saturated heterocycles. The van der Waals surface area contributed by atoms with Gasteiger partial charge in [0.2, 0.25) is 0 Å². The summed E-state index contributed by atoms with van der Waals surface area (Å²) in [6.45, 7) is 15.4. The Morgan fingerprint density at radius 2 is 1.55 bits per heavy atom. The molecule has 0 aromatic carbocycles. The van der Waals surface area contributed by atoms with Gasteiger partial charge in [-0.15, -0.1) is 0 Å². The lowest BCUT2D eigenvalue weighted by Crippen LogP contribution is -2.54. The van der Waals surface area contributed by atoms with Crippen LogP contribution in [0.1, 0.15) is 119 Å². The lowest BCUT2D eigenvalue weighted by molar-refractivity contribution is -0.133. The van der Waals surface area contributed by atoms with Crippen LogP contribution in [0.4, 0.5) is 0 Å². The first kappa shape index (κ1) is 24.1. The van der Waals surface area contributed by atoms with E-state index in [-0.39, 0.29) is 0 Å². The van der Waals surface area contributed by atoms with Crippen LogP contribution in [0, 0.1) is 58.2 Å². The van der Waals surface area contributed by atoms with Crippen molar-refractivity contribution < 1.29 is 4.74 Å². The normalized spacial score (nSPS) is 46.8. The highest BCUT2D eigenvalue weighted by Crippen LogP contribution is 2.68. The van der Waals surface area contributed by atoms with Gasteiger partial charge in [0.1, 0.15) is 0 Å². The second kappa shape index (κ2) is 9.31. The first-order valence-electron chi connectivity index (χ1n) is 14.3. The molecule has 0 aliphatic heterocycles. The molecule has 0 aromatic rings. The fraction of sp³-hybridized carbons (Fsp3) is 1.00. The topological polar surface area (TPSA) is 9.23 Å². The van der Waals surface area contributed by atoms with Gasteiger partial charge >= 0.3 is 0 Å². The van der Waals surface area contributed by atoms with Gasteiger partial charge in [0.15, 0.2) is 0 Å². The van der Waals surface area contributed by atoms with Gasteiger partial charge in [-0.1, -0.05) is 54.4 Å². The molecule has 0 bridgehead atoms. The molecule has 4 saturated carbocycles. The molecule has 0 N–H and O–H groups in total. The summed E-state index contributed by atoms with van der Waals surface area (Å²) < 4.78 is 5.81. The van der Waals surface area contributed by atoms with E-state index in [1.807, 2.05) is 7.11 Å². The zero-order chi connectivity index (χ0) is 22.4. The summed E-state index contributed by atoms with van der Waals surface area (Å²) in [6.07, 6.45) is 18.0. The summed E-state index contributed by atoms with van der Waals surface area (Å²) in [7, 11) is 1.94. The highest BCUT2D eigenvalue weighted by molar-refractivity contribution is 5.09. The van der Waals surface area contributed by atoms with Crippen molar-refractivity contribution in [3.63, 3.8) is 0 Å². The second-order valence-electron chi connectivity index (χ2n) is 13.5. The van der Waals surface area contributed by atoms with Crippen molar-refractivity contribution >= 4 is 0 Å². The molecule has 31 heavy (non-hydrogen) atoms. The van der Waals surface area contributed by atoms with Gasteiger partial charge < -0.3 is 4.74 Å². The largest absolute Gasteiger partial charge is 0.381 e. The van der Waals surface area contributed by atoms with E-state index >= 15 is 0 Å². The van der Waals surface area contributed by atoms with E-state index in [9.17, 15) is 0 Å². The minimum atomic E-state index is 0.540. The molecule has 0 heterocycles. The monoisotopic (exact) mass is 430 g/mol. The summed E-state index contributed by atoms with van der Waals surface area (Å²) in [5.41, 5.74) is 1.24. The van der Waals surface area contributed by atoms with E-state index in [1.54, 1.807) is 0 Å². The number of methoxy groups -OCH3 is 1. The maximum atomic E-state index is 5.81. The summed E-state index contributed by atoms with van der Waals surface area (Å²) >= 11 is 0. The maximum Gasteiger partial charge on any atom is 0.0574 e. The van der Waals surface area contributed by atoms with Gasteiger partial charge in [-0.2, -0.15) is 0 Å². The molecule has 0 amide bonds. The molecule has 4 rings (SSSR count). The highest BCUT2D eigenvalue weighted by Gasteiger charge is 2.60. The average molecular weight is 431 g/mol. The molecule has 1 unspecified atom stereocenters. The van der Waals surface area contributed by atoms with Gasteiger partial charge in [-0.25, -0.2) is 0 Å². The lowest BCUT2D eigenvalue weighted by atomic mass is 9.44. The third-order valence-corrected chi connectivity index (χ3v) is 12.2. The molecule has 1 nitrogen and oxygen atoms in total. The number of hydrogen-bond acceptors (Lipinski definition) is 1. The first-order valence-corrected chi connectivity index (χ1v) is 14.3. The van der Waals surface area contributed by atoms with E-state index in [0.29, 0.717) is 16.9 Å². The summed E-state index contributed by atoms with van der Waals surface area (Å²) in [5, 5.41) is 0. The molecule has 4 fully saturated rings. The predicted molar refractivity (Wildman–Crippen MR) is 133 cm³/mol. The van der Waals surface area contributed by atoms with Crippen LogP contribution in [0.5, 0.6) is 0 Å². The van der Waals surface area contributed by atoms with E-state index < -0.39 is 0 Å². The Morgan fingerprint density at radius 3 is 2.23 bits per heavy atom. The number of ether oxygens (including phenoxy) is 1. The molecular weight excluding hydrogens is 376 g/mol. The number of fused-ring (bicyclic) bond motifs is 5. The van der Waals surface area contributed by atoms with Crippen molar-refractivity contribution in [3.05, 3.63) is 0 Å². The van der Waals surface area contributed by atoms with Gasteiger partial charge in [0.25, 0.3) is 0 Å². The minimum absolute atomic E-state index is 0.540. The molecule has 4 aliphatic carbocycles. The zero-order valence-electron chi connectivity index (χ0n) is 22.1. The maximum absolute atomic E-state index is 5.81. The van der Waals surface area contributed by atoms with Crippen molar-refractivity contribution in [2.45, 2.75) is 125 Å².